The number of alkyl halides is 1. The number of carbonyl (C=O) groups is 1. The van der Waals surface area contributed by atoms with Gasteiger partial charge in [-0.25, -0.2) is 4.39 Å². The fourth-order valence-electron chi connectivity index (χ4n) is 3.42. The third-order valence-corrected chi connectivity index (χ3v) is 4.96. The second-order valence-electron chi connectivity index (χ2n) is 7.13. The first-order valence-electron chi connectivity index (χ1n) is 8.99. The smallest absolute Gasteiger partial charge is 0.220 e. The number of terminal acetylenes is 1. The molecule has 3 rings (SSSR count). The molecular weight excluding hydrogens is 335 g/mol. The van der Waals surface area contributed by atoms with Crippen LogP contribution in [0.2, 0.25) is 0 Å². The molecule has 8 heteroatoms. The van der Waals surface area contributed by atoms with Crippen LogP contribution < -0.4 is 5.32 Å². The Hall–Kier alpha value is -2.27. The zero-order chi connectivity index (χ0) is 18.6. The molecule has 1 saturated heterocycles. The molecule has 1 N–H and O–H groups in total. The molecule has 0 spiro atoms. The standard InChI is InChI=1S/C18H25FN6O/c1-3-4-6-18(22-23-18)7-5-17(26)20-10-16-8-15(19)13-25(16)12-14-9-21-24(2)11-14/h1,9,11,15-16H,4-8,10,12-13H2,2H3,(H,20,26)/t15-,16-/m0/s1. The Balaban J connectivity index is 1.42. The van der Waals surface area contributed by atoms with Gasteiger partial charge in [-0.1, -0.05) is 0 Å². The highest BCUT2D eigenvalue weighted by molar-refractivity contribution is 5.76. The number of aryl methyl sites for hydroxylation is 1. The predicted octanol–water partition coefficient (Wildman–Crippen LogP) is 1.80. The van der Waals surface area contributed by atoms with Crippen molar-refractivity contribution in [3.8, 4) is 12.3 Å². The van der Waals surface area contributed by atoms with Crippen LogP contribution in [-0.4, -0.2) is 51.6 Å². The fraction of sp³-hybridized carbons (Fsp3) is 0.667. The van der Waals surface area contributed by atoms with Gasteiger partial charge >= 0.3 is 0 Å². The molecule has 2 aliphatic rings. The maximum Gasteiger partial charge on any atom is 0.220 e. The average molecular weight is 360 g/mol. The van der Waals surface area contributed by atoms with E-state index in [1.807, 2.05) is 13.2 Å². The quantitative estimate of drug-likeness (QED) is 0.683. The number of nitrogens with zero attached hydrogens (tertiary/aromatic N) is 5. The molecule has 1 fully saturated rings. The maximum absolute atomic E-state index is 13.9. The van der Waals surface area contributed by atoms with E-state index in [4.69, 9.17) is 6.42 Å². The maximum atomic E-state index is 13.9. The van der Waals surface area contributed by atoms with E-state index in [9.17, 15) is 9.18 Å². The number of likely N-dealkylation sites (tertiary alicyclic amines) is 1. The van der Waals surface area contributed by atoms with Crippen LogP contribution >= 0.6 is 0 Å². The Morgan fingerprint density at radius 3 is 2.96 bits per heavy atom. The van der Waals surface area contributed by atoms with Crippen LogP contribution in [0.25, 0.3) is 0 Å². The van der Waals surface area contributed by atoms with Gasteiger partial charge in [0.1, 0.15) is 6.17 Å². The lowest BCUT2D eigenvalue weighted by Crippen LogP contribution is -2.40. The molecule has 1 amide bonds. The Bertz CT molecular complexity index is 703. The van der Waals surface area contributed by atoms with Crippen molar-refractivity contribution >= 4 is 5.91 Å². The van der Waals surface area contributed by atoms with E-state index in [0.29, 0.717) is 51.7 Å². The first kappa shape index (κ1) is 18.5. The van der Waals surface area contributed by atoms with E-state index >= 15 is 0 Å². The number of nitrogens with one attached hydrogen (secondary N) is 1. The van der Waals surface area contributed by atoms with Crippen molar-refractivity contribution in [2.45, 2.75) is 56.5 Å². The third-order valence-electron chi connectivity index (χ3n) is 4.96. The number of aromatic nitrogens is 2. The third kappa shape index (κ3) is 4.88. The van der Waals surface area contributed by atoms with Crippen LogP contribution in [0, 0.1) is 12.3 Å². The molecule has 0 aliphatic carbocycles. The number of rotatable bonds is 9. The van der Waals surface area contributed by atoms with Gasteiger partial charge in [-0.15, -0.1) is 12.3 Å². The molecule has 1 aromatic heterocycles. The molecule has 1 aromatic rings. The molecule has 0 aromatic carbocycles. The molecule has 0 unspecified atom stereocenters. The summed E-state index contributed by atoms with van der Waals surface area (Å²) in [6, 6.07) is -0.000133. The van der Waals surface area contributed by atoms with Crippen molar-refractivity contribution in [2.75, 3.05) is 13.1 Å². The Morgan fingerprint density at radius 2 is 2.31 bits per heavy atom. The summed E-state index contributed by atoms with van der Waals surface area (Å²) in [5, 5.41) is 15.1. The highest BCUT2D eigenvalue weighted by Crippen LogP contribution is 2.37. The van der Waals surface area contributed by atoms with E-state index in [2.05, 4.69) is 31.5 Å². The molecule has 0 saturated carbocycles. The summed E-state index contributed by atoms with van der Waals surface area (Å²) in [7, 11) is 1.86. The minimum Gasteiger partial charge on any atom is -0.355 e. The second kappa shape index (κ2) is 7.96. The molecule has 140 valence electrons. The lowest BCUT2D eigenvalue weighted by molar-refractivity contribution is -0.121. The normalized spacial score (nSPS) is 23.7. The molecule has 2 atom stereocenters. The summed E-state index contributed by atoms with van der Waals surface area (Å²) in [6.45, 7) is 1.48. The predicted molar refractivity (Wildman–Crippen MR) is 94.8 cm³/mol. The van der Waals surface area contributed by atoms with Crippen molar-refractivity contribution in [1.29, 1.82) is 0 Å². The van der Waals surface area contributed by atoms with Crippen LogP contribution in [0.4, 0.5) is 4.39 Å². The lowest BCUT2D eigenvalue weighted by atomic mass is 10.0. The monoisotopic (exact) mass is 360 g/mol. The van der Waals surface area contributed by atoms with Crippen molar-refractivity contribution in [2.24, 2.45) is 17.3 Å². The molecule has 26 heavy (non-hydrogen) atoms. The van der Waals surface area contributed by atoms with E-state index in [1.54, 1.807) is 10.9 Å². The molecule has 3 heterocycles. The van der Waals surface area contributed by atoms with E-state index < -0.39 is 11.8 Å². The lowest BCUT2D eigenvalue weighted by Gasteiger charge is -2.23. The van der Waals surface area contributed by atoms with E-state index in [0.717, 1.165) is 5.56 Å². The van der Waals surface area contributed by atoms with Crippen molar-refractivity contribution in [3.63, 3.8) is 0 Å². The van der Waals surface area contributed by atoms with Gasteiger partial charge in [-0.2, -0.15) is 15.3 Å². The van der Waals surface area contributed by atoms with Gasteiger partial charge in [0.2, 0.25) is 5.91 Å². The molecule has 2 aliphatic heterocycles. The number of hydrogen-bond acceptors (Lipinski definition) is 5. The van der Waals surface area contributed by atoms with Crippen molar-refractivity contribution < 1.29 is 9.18 Å². The van der Waals surface area contributed by atoms with Gasteiger partial charge in [0.15, 0.2) is 5.66 Å². The SMILES string of the molecule is C#CCCC1(CCC(=O)NC[C@@H]2C[C@H](F)CN2Cc2cnn(C)c2)N=N1. The summed E-state index contributed by atoms with van der Waals surface area (Å²) < 4.78 is 15.6. The topological polar surface area (TPSA) is 74.9 Å². The van der Waals surface area contributed by atoms with Gasteiger partial charge in [-0.05, 0) is 6.42 Å². The summed E-state index contributed by atoms with van der Waals surface area (Å²) in [4.78, 5) is 14.2. The summed E-state index contributed by atoms with van der Waals surface area (Å²) in [5.74, 6) is 2.53. The number of carbonyl (C=O) groups excluding carboxylic acids is 1. The van der Waals surface area contributed by atoms with Crippen LogP contribution in [-0.2, 0) is 18.4 Å². The summed E-state index contributed by atoms with van der Waals surface area (Å²) >= 11 is 0. The van der Waals surface area contributed by atoms with Gasteiger partial charge in [0, 0.05) is 70.2 Å². The number of hydrogen-bond donors (Lipinski definition) is 1. The fourth-order valence-corrected chi connectivity index (χ4v) is 3.42. The van der Waals surface area contributed by atoms with Crippen molar-refractivity contribution in [3.05, 3.63) is 18.0 Å². The Kier molecular flexibility index (Phi) is 5.67. The van der Waals surface area contributed by atoms with E-state index in [-0.39, 0.29) is 11.9 Å². The van der Waals surface area contributed by atoms with Gasteiger partial charge in [0.05, 0.1) is 6.20 Å². The van der Waals surface area contributed by atoms with Crippen LogP contribution in [0.15, 0.2) is 22.6 Å². The van der Waals surface area contributed by atoms with Gasteiger partial charge < -0.3 is 5.32 Å². The van der Waals surface area contributed by atoms with Crippen LogP contribution in [0.3, 0.4) is 0 Å². The number of halogens is 1. The van der Waals surface area contributed by atoms with Crippen molar-refractivity contribution in [1.82, 2.24) is 20.0 Å². The zero-order valence-electron chi connectivity index (χ0n) is 15.1. The highest BCUT2D eigenvalue weighted by Gasteiger charge is 2.39. The molecular formula is C18H25FN6O. The molecule has 0 bridgehead atoms. The summed E-state index contributed by atoms with van der Waals surface area (Å²) in [5.41, 5.74) is 0.610. The summed E-state index contributed by atoms with van der Waals surface area (Å²) in [6.07, 6.45) is 10.8. The van der Waals surface area contributed by atoms with E-state index in [1.165, 1.54) is 0 Å². The van der Waals surface area contributed by atoms with Crippen LogP contribution in [0.1, 0.15) is 37.7 Å². The average Bonchev–Trinajstić information content (AvgIpc) is 3.14. The first-order valence-corrected chi connectivity index (χ1v) is 8.99. The first-order chi connectivity index (χ1) is 12.5. The Morgan fingerprint density at radius 1 is 1.50 bits per heavy atom. The minimum atomic E-state index is -0.857. The van der Waals surface area contributed by atoms with Crippen LogP contribution in [0.5, 0.6) is 0 Å². The second-order valence-corrected chi connectivity index (χ2v) is 7.13. The van der Waals surface area contributed by atoms with Gasteiger partial charge in [-0.3, -0.25) is 14.4 Å². The largest absolute Gasteiger partial charge is 0.355 e. The minimum absolute atomic E-state index is 0.000133. The number of amides is 1. The Labute approximate surface area is 153 Å². The van der Waals surface area contributed by atoms with Gasteiger partial charge in [0.25, 0.3) is 0 Å². The highest BCUT2D eigenvalue weighted by atomic mass is 19.1. The molecule has 7 nitrogen and oxygen atoms in total. The molecule has 0 radical (unpaired) electrons. The zero-order valence-corrected chi connectivity index (χ0v) is 15.1.